The second-order valence-corrected chi connectivity index (χ2v) is 4.20. The molecule has 2 rings (SSSR count). The number of nitrogens with zero attached hydrogens (tertiary/aromatic N) is 2. The van der Waals surface area contributed by atoms with Crippen LogP contribution >= 0.6 is 0 Å². The van der Waals surface area contributed by atoms with E-state index < -0.39 is 0 Å². The monoisotopic (exact) mass is 220 g/mol. The number of aromatic nitrogens is 1. The summed E-state index contributed by atoms with van der Waals surface area (Å²) in [6.07, 6.45) is 4.71. The molecule has 1 fully saturated rings. The van der Waals surface area contributed by atoms with Crippen LogP contribution in [0.5, 0.6) is 0 Å². The summed E-state index contributed by atoms with van der Waals surface area (Å²) in [6.45, 7) is 3.78. The lowest BCUT2D eigenvalue weighted by molar-refractivity contribution is 0.207. The average Bonchev–Trinajstić information content (AvgIpc) is 2.85. The van der Waals surface area contributed by atoms with Crippen LogP contribution in [0.4, 0.5) is 0 Å². The molecular weight excluding hydrogens is 200 g/mol. The van der Waals surface area contributed by atoms with Crippen LogP contribution in [-0.4, -0.2) is 35.7 Å². The van der Waals surface area contributed by atoms with Gasteiger partial charge in [-0.2, -0.15) is 0 Å². The molecule has 1 aromatic heterocycles. The smallest absolute Gasteiger partial charge is 0.0726 e. The van der Waals surface area contributed by atoms with Crippen molar-refractivity contribution in [2.24, 2.45) is 5.73 Å². The quantitative estimate of drug-likeness (QED) is 0.761. The lowest BCUT2D eigenvalue weighted by Gasteiger charge is -2.27. The van der Waals surface area contributed by atoms with Crippen molar-refractivity contribution in [1.82, 2.24) is 15.2 Å². The highest BCUT2D eigenvalue weighted by Gasteiger charge is 2.19. The maximum absolute atomic E-state index is 5.79. The largest absolute Gasteiger partial charge is 0.328 e. The second kappa shape index (κ2) is 5.94. The lowest BCUT2D eigenvalue weighted by atomic mass is 10.3. The fraction of sp³-hybridized carbons (Fsp3) is 0.583. The van der Waals surface area contributed by atoms with E-state index in [0.717, 1.165) is 25.3 Å². The van der Waals surface area contributed by atoms with Crippen LogP contribution in [0, 0.1) is 0 Å². The van der Waals surface area contributed by atoms with E-state index >= 15 is 0 Å². The van der Waals surface area contributed by atoms with Gasteiger partial charge in [0.15, 0.2) is 0 Å². The highest BCUT2D eigenvalue weighted by molar-refractivity contribution is 5.03. The first kappa shape index (κ1) is 11.5. The topological polar surface area (TPSA) is 54.2 Å². The van der Waals surface area contributed by atoms with Crippen LogP contribution in [0.25, 0.3) is 0 Å². The lowest BCUT2D eigenvalue weighted by Crippen LogP contribution is -2.48. The Morgan fingerprint density at radius 1 is 1.38 bits per heavy atom. The predicted molar refractivity (Wildman–Crippen MR) is 64.7 cm³/mol. The van der Waals surface area contributed by atoms with Crippen LogP contribution in [0.15, 0.2) is 24.4 Å². The van der Waals surface area contributed by atoms with Crippen molar-refractivity contribution in [2.45, 2.75) is 25.6 Å². The molecule has 0 amide bonds. The van der Waals surface area contributed by atoms with Crippen molar-refractivity contribution in [3.63, 3.8) is 0 Å². The van der Waals surface area contributed by atoms with Crippen LogP contribution in [-0.2, 0) is 6.54 Å². The van der Waals surface area contributed by atoms with Gasteiger partial charge < -0.3 is 5.73 Å². The molecule has 0 aromatic carbocycles. The summed E-state index contributed by atoms with van der Waals surface area (Å²) in [5, 5.41) is 3.47. The normalized spacial score (nSPS) is 18.8. The SMILES string of the molecule is NCC(NCc1ccccn1)N1CCCC1. The fourth-order valence-corrected chi connectivity index (χ4v) is 2.14. The summed E-state index contributed by atoms with van der Waals surface area (Å²) in [4.78, 5) is 6.71. The number of hydrogen-bond acceptors (Lipinski definition) is 4. The minimum atomic E-state index is 0.296. The molecule has 2 heterocycles. The third kappa shape index (κ3) is 3.01. The summed E-state index contributed by atoms with van der Waals surface area (Å²) in [6, 6.07) is 5.98. The van der Waals surface area contributed by atoms with Gasteiger partial charge in [0.1, 0.15) is 0 Å². The van der Waals surface area contributed by atoms with Crippen LogP contribution < -0.4 is 11.1 Å². The Morgan fingerprint density at radius 3 is 2.81 bits per heavy atom. The van der Waals surface area contributed by atoms with Crippen molar-refractivity contribution in [1.29, 1.82) is 0 Å². The summed E-state index contributed by atoms with van der Waals surface area (Å²) < 4.78 is 0. The third-order valence-electron chi connectivity index (χ3n) is 3.05. The Labute approximate surface area is 96.8 Å². The number of nitrogens with two attached hydrogens (primary N) is 1. The second-order valence-electron chi connectivity index (χ2n) is 4.20. The van der Waals surface area contributed by atoms with Crippen LogP contribution in [0.1, 0.15) is 18.5 Å². The van der Waals surface area contributed by atoms with Crippen molar-refractivity contribution in [3.05, 3.63) is 30.1 Å². The molecule has 4 nitrogen and oxygen atoms in total. The molecule has 16 heavy (non-hydrogen) atoms. The van der Waals surface area contributed by atoms with E-state index in [0.29, 0.717) is 12.7 Å². The molecule has 0 saturated carbocycles. The van der Waals surface area contributed by atoms with E-state index in [-0.39, 0.29) is 0 Å². The maximum atomic E-state index is 5.79. The van der Waals surface area contributed by atoms with E-state index in [2.05, 4.69) is 15.2 Å². The van der Waals surface area contributed by atoms with Crippen molar-refractivity contribution in [3.8, 4) is 0 Å². The molecule has 1 atom stereocenters. The molecule has 1 aliphatic heterocycles. The van der Waals surface area contributed by atoms with Gasteiger partial charge in [0.25, 0.3) is 0 Å². The molecule has 3 N–H and O–H groups in total. The summed E-state index contributed by atoms with van der Waals surface area (Å²) in [7, 11) is 0. The van der Waals surface area contributed by atoms with E-state index in [1.807, 2.05) is 24.4 Å². The molecule has 88 valence electrons. The molecule has 1 aromatic rings. The number of pyridine rings is 1. The van der Waals surface area contributed by atoms with Gasteiger partial charge >= 0.3 is 0 Å². The van der Waals surface area contributed by atoms with Crippen molar-refractivity contribution < 1.29 is 0 Å². The van der Waals surface area contributed by atoms with Gasteiger partial charge in [0.05, 0.1) is 11.9 Å². The van der Waals surface area contributed by atoms with Gasteiger partial charge in [-0.05, 0) is 38.1 Å². The number of likely N-dealkylation sites (tertiary alicyclic amines) is 1. The first-order chi connectivity index (χ1) is 7.90. The molecule has 4 heteroatoms. The van der Waals surface area contributed by atoms with Gasteiger partial charge in [-0.3, -0.25) is 15.2 Å². The Morgan fingerprint density at radius 2 is 2.19 bits per heavy atom. The zero-order chi connectivity index (χ0) is 11.2. The Hall–Kier alpha value is -0.970. The standard InChI is InChI=1S/C12H20N4/c13-9-12(16-7-3-4-8-16)15-10-11-5-1-2-6-14-11/h1-2,5-6,12,15H,3-4,7-10,13H2. The molecule has 1 aliphatic rings. The van der Waals surface area contributed by atoms with Gasteiger partial charge in [-0.15, -0.1) is 0 Å². The van der Waals surface area contributed by atoms with Crippen LogP contribution in [0.3, 0.4) is 0 Å². The first-order valence-corrected chi connectivity index (χ1v) is 5.97. The van der Waals surface area contributed by atoms with E-state index in [9.17, 15) is 0 Å². The number of hydrogen-bond donors (Lipinski definition) is 2. The molecule has 1 unspecified atom stereocenters. The van der Waals surface area contributed by atoms with E-state index in [4.69, 9.17) is 5.73 Å². The molecule has 0 radical (unpaired) electrons. The van der Waals surface area contributed by atoms with Gasteiger partial charge in [0, 0.05) is 19.3 Å². The highest BCUT2D eigenvalue weighted by Crippen LogP contribution is 2.09. The molecular formula is C12H20N4. The zero-order valence-corrected chi connectivity index (χ0v) is 9.60. The summed E-state index contributed by atoms with van der Waals surface area (Å²) >= 11 is 0. The Kier molecular flexibility index (Phi) is 4.27. The fourth-order valence-electron chi connectivity index (χ4n) is 2.14. The molecule has 0 spiro atoms. The minimum absolute atomic E-state index is 0.296. The van der Waals surface area contributed by atoms with Crippen molar-refractivity contribution >= 4 is 0 Å². The van der Waals surface area contributed by atoms with Crippen LogP contribution in [0.2, 0.25) is 0 Å². The third-order valence-corrected chi connectivity index (χ3v) is 3.05. The average molecular weight is 220 g/mol. The van der Waals surface area contributed by atoms with Gasteiger partial charge in [-0.25, -0.2) is 0 Å². The predicted octanol–water partition coefficient (Wildman–Crippen LogP) is 0.552. The Bertz CT molecular complexity index is 295. The molecule has 1 saturated heterocycles. The maximum Gasteiger partial charge on any atom is 0.0726 e. The van der Waals surface area contributed by atoms with E-state index in [1.54, 1.807) is 0 Å². The number of nitrogens with one attached hydrogen (secondary N) is 1. The number of rotatable bonds is 5. The molecule has 0 aliphatic carbocycles. The molecule has 0 bridgehead atoms. The van der Waals surface area contributed by atoms with Crippen molar-refractivity contribution in [2.75, 3.05) is 19.6 Å². The summed E-state index contributed by atoms with van der Waals surface area (Å²) in [5.74, 6) is 0. The Balaban J connectivity index is 1.83. The van der Waals surface area contributed by atoms with Gasteiger partial charge in [0.2, 0.25) is 0 Å². The zero-order valence-electron chi connectivity index (χ0n) is 9.60. The first-order valence-electron chi connectivity index (χ1n) is 5.97. The summed E-state index contributed by atoms with van der Waals surface area (Å²) in [5.41, 5.74) is 6.86. The highest BCUT2D eigenvalue weighted by atomic mass is 15.3. The van der Waals surface area contributed by atoms with E-state index in [1.165, 1.54) is 12.8 Å². The minimum Gasteiger partial charge on any atom is -0.328 e. The van der Waals surface area contributed by atoms with Gasteiger partial charge in [-0.1, -0.05) is 6.07 Å².